The van der Waals surface area contributed by atoms with Crippen molar-refractivity contribution in [2.75, 3.05) is 13.2 Å². The van der Waals surface area contributed by atoms with Gasteiger partial charge in [-0.15, -0.1) is 0 Å². The lowest BCUT2D eigenvalue weighted by atomic mass is 9.89. The monoisotopic (exact) mass is 236 g/mol. The fraction of sp³-hybridized carbons (Fsp3) is 0.462. The van der Waals surface area contributed by atoms with E-state index >= 15 is 0 Å². The quantitative estimate of drug-likeness (QED) is 0.834. The van der Waals surface area contributed by atoms with E-state index in [-0.39, 0.29) is 5.56 Å². The van der Waals surface area contributed by atoms with Crippen molar-refractivity contribution in [3.8, 4) is 0 Å². The second-order valence-electron chi connectivity index (χ2n) is 4.56. The Bertz CT molecular complexity index is 390. The molecule has 17 heavy (non-hydrogen) atoms. The van der Waals surface area contributed by atoms with Gasteiger partial charge in [-0.2, -0.15) is 0 Å². The number of carbonyl (C=O) groups is 1. The lowest BCUT2D eigenvalue weighted by Crippen LogP contribution is -2.40. The van der Waals surface area contributed by atoms with E-state index in [4.69, 9.17) is 9.84 Å². The second kappa shape index (κ2) is 4.85. The van der Waals surface area contributed by atoms with Crippen LogP contribution in [0, 0.1) is 0 Å². The molecule has 0 radical (unpaired) electrons. The number of carboxylic acid groups (broad SMARTS) is 1. The third-order valence-corrected chi connectivity index (χ3v) is 3.04. The van der Waals surface area contributed by atoms with Crippen LogP contribution in [0.2, 0.25) is 0 Å². The molecule has 2 rings (SSSR count). The van der Waals surface area contributed by atoms with E-state index in [1.54, 1.807) is 24.3 Å². The summed E-state index contributed by atoms with van der Waals surface area (Å²) in [5.74, 6) is -0.934. The smallest absolute Gasteiger partial charge is 0.335 e. The minimum atomic E-state index is -0.934. The molecule has 0 bridgehead atoms. The van der Waals surface area contributed by atoms with Crippen LogP contribution in [-0.4, -0.2) is 35.0 Å². The zero-order valence-electron chi connectivity index (χ0n) is 9.56. The van der Waals surface area contributed by atoms with Crippen molar-refractivity contribution < 1.29 is 19.7 Å². The minimum absolute atomic E-state index is 0.264. The molecule has 1 aromatic rings. The molecular weight excluding hydrogens is 220 g/mol. The van der Waals surface area contributed by atoms with Crippen LogP contribution < -0.4 is 0 Å². The van der Waals surface area contributed by atoms with Gasteiger partial charge < -0.3 is 14.9 Å². The lowest BCUT2D eigenvalue weighted by molar-refractivity contribution is -0.0844. The Balaban J connectivity index is 2.05. The highest BCUT2D eigenvalue weighted by atomic mass is 16.5. The van der Waals surface area contributed by atoms with Crippen LogP contribution >= 0.6 is 0 Å². The zero-order valence-corrected chi connectivity index (χ0v) is 9.56. The summed E-state index contributed by atoms with van der Waals surface area (Å²) >= 11 is 0. The van der Waals surface area contributed by atoms with E-state index in [0.29, 0.717) is 19.6 Å². The molecule has 4 heteroatoms. The Morgan fingerprint density at radius 3 is 2.59 bits per heavy atom. The van der Waals surface area contributed by atoms with Crippen molar-refractivity contribution in [3.05, 3.63) is 35.4 Å². The average Bonchev–Trinajstić information content (AvgIpc) is 2.30. The van der Waals surface area contributed by atoms with Gasteiger partial charge in [0.15, 0.2) is 0 Å². The van der Waals surface area contributed by atoms with Crippen molar-refractivity contribution in [2.45, 2.75) is 24.9 Å². The molecule has 1 aliphatic rings. The van der Waals surface area contributed by atoms with Crippen LogP contribution in [-0.2, 0) is 11.2 Å². The van der Waals surface area contributed by atoms with E-state index < -0.39 is 11.6 Å². The standard InChI is InChI=1S/C13H16O4/c14-12(15)11-4-2-10(3-5-11)8-13(16)6-1-7-17-9-13/h2-5,16H,1,6-9H2,(H,14,15). The molecule has 92 valence electrons. The number of carboxylic acids is 1. The third kappa shape index (κ3) is 3.05. The summed E-state index contributed by atoms with van der Waals surface area (Å²) in [6.45, 7) is 1.06. The van der Waals surface area contributed by atoms with Gasteiger partial charge >= 0.3 is 5.97 Å². The molecule has 0 saturated carbocycles. The Labute approximate surface area is 99.8 Å². The average molecular weight is 236 g/mol. The van der Waals surface area contributed by atoms with E-state index in [2.05, 4.69) is 0 Å². The van der Waals surface area contributed by atoms with Gasteiger partial charge in [-0.3, -0.25) is 0 Å². The highest BCUT2D eigenvalue weighted by Gasteiger charge is 2.30. The number of aromatic carboxylic acids is 1. The molecule has 1 aromatic carbocycles. The van der Waals surface area contributed by atoms with Crippen molar-refractivity contribution in [2.24, 2.45) is 0 Å². The number of rotatable bonds is 3. The van der Waals surface area contributed by atoms with Crippen molar-refractivity contribution >= 4 is 5.97 Å². The SMILES string of the molecule is O=C(O)c1ccc(CC2(O)CCCOC2)cc1. The van der Waals surface area contributed by atoms with Gasteiger partial charge in [-0.1, -0.05) is 12.1 Å². The second-order valence-corrected chi connectivity index (χ2v) is 4.56. The first kappa shape index (κ1) is 12.1. The van der Waals surface area contributed by atoms with E-state index in [1.807, 2.05) is 0 Å². The van der Waals surface area contributed by atoms with Crippen LogP contribution in [0.5, 0.6) is 0 Å². The summed E-state index contributed by atoms with van der Waals surface area (Å²) in [5.41, 5.74) is 0.395. The number of aliphatic hydroxyl groups is 1. The molecule has 0 spiro atoms. The third-order valence-electron chi connectivity index (χ3n) is 3.04. The van der Waals surface area contributed by atoms with Crippen LogP contribution in [0.25, 0.3) is 0 Å². The van der Waals surface area contributed by atoms with Gasteiger partial charge in [0.25, 0.3) is 0 Å². The summed E-state index contributed by atoms with van der Waals surface area (Å²) in [5, 5.41) is 19.0. The largest absolute Gasteiger partial charge is 0.478 e. The van der Waals surface area contributed by atoms with Crippen LogP contribution in [0.15, 0.2) is 24.3 Å². The molecule has 0 amide bonds. The van der Waals surface area contributed by atoms with Crippen LogP contribution in [0.1, 0.15) is 28.8 Å². The normalized spacial score (nSPS) is 24.5. The van der Waals surface area contributed by atoms with E-state index in [1.165, 1.54) is 0 Å². The highest BCUT2D eigenvalue weighted by Crippen LogP contribution is 2.23. The van der Waals surface area contributed by atoms with Gasteiger partial charge in [-0.25, -0.2) is 4.79 Å². The molecule has 1 saturated heterocycles. The molecule has 1 fully saturated rings. The van der Waals surface area contributed by atoms with E-state index in [0.717, 1.165) is 18.4 Å². The Morgan fingerprint density at radius 1 is 1.35 bits per heavy atom. The van der Waals surface area contributed by atoms with Gasteiger partial charge in [0, 0.05) is 13.0 Å². The minimum Gasteiger partial charge on any atom is -0.478 e. The van der Waals surface area contributed by atoms with Crippen LogP contribution in [0.4, 0.5) is 0 Å². The first-order chi connectivity index (χ1) is 8.09. The van der Waals surface area contributed by atoms with Crippen molar-refractivity contribution in [1.29, 1.82) is 0 Å². The predicted octanol–water partition coefficient (Wildman–Crippen LogP) is 1.47. The van der Waals surface area contributed by atoms with Crippen molar-refractivity contribution in [3.63, 3.8) is 0 Å². The molecule has 1 unspecified atom stereocenters. The molecule has 0 aliphatic carbocycles. The van der Waals surface area contributed by atoms with E-state index in [9.17, 15) is 9.90 Å². The fourth-order valence-corrected chi connectivity index (χ4v) is 2.12. The number of hydrogen-bond donors (Lipinski definition) is 2. The molecule has 1 aliphatic heterocycles. The van der Waals surface area contributed by atoms with Gasteiger partial charge in [0.1, 0.15) is 0 Å². The maximum Gasteiger partial charge on any atom is 0.335 e. The first-order valence-corrected chi connectivity index (χ1v) is 5.71. The zero-order chi connectivity index (χ0) is 12.3. The molecular formula is C13H16O4. The Kier molecular flexibility index (Phi) is 3.45. The van der Waals surface area contributed by atoms with Crippen LogP contribution in [0.3, 0.4) is 0 Å². The first-order valence-electron chi connectivity index (χ1n) is 5.71. The highest BCUT2D eigenvalue weighted by molar-refractivity contribution is 5.87. The number of benzene rings is 1. The van der Waals surface area contributed by atoms with Crippen molar-refractivity contribution in [1.82, 2.24) is 0 Å². The maximum absolute atomic E-state index is 10.7. The molecule has 1 heterocycles. The summed E-state index contributed by atoms with van der Waals surface area (Å²) in [4.78, 5) is 10.7. The molecule has 0 aromatic heterocycles. The summed E-state index contributed by atoms with van der Waals surface area (Å²) < 4.78 is 5.28. The topological polar surface area (TPSA) is 66.8 Å². The molecule has 1 atom stereocenters. The fourth-order valence-electron chi connectivity index (χ4n) is 2.12. The van der Waals surface area contributed by atoms with Gasteiger partial charge in [0.2, 0.25) is 0 Å². The summed E-state index contributed by atoms with van der Waals surface area (Å²) in [6.07, 6.45) is 2.10. The van der Waals surface area contributed by atoms with Gasteiger partial charge in [0.05, 0.1) is 17.8 Å². The number of hydrogen-bond acceptors (Lipinski definition) is 3. The molecule has 4 nitrogen and oxygen atoms in total. The number of ether oxygens (including phenoxy) is 1. The Morgan fingerprint density at radius 2 is 2.06 bits per heavy atom. The summed E-state index contributed by atoms with van der Waals surface area (Å²) in [6, 6.07) is 6.61. The molecule has 2 N–H and O–H groups in total. The van der Waals surface area contributed by atoms with Gasteiger partial charge in [-0.05, 0) is 30.5 Å². The predicted molar refractivity (Wildman–Crippen MR) is 62.1 cm³/mol. The Hall–Kier alpha value is -1.39. The summed E-state index contributed by atoms with van der Waals surface area (Å²) in [7, 11) is 0. The maximum atomic E-state index is 10.7. The lowest BCUT2D eigenvalue weighted by Gasteiger charge is -2.32.